The van der Waals surface area contributed by atoms with E-state index in [1.807, 2.05) is 20.8 Å². The molecule has 3 fully saturated rings. The molecule has 2 aliphatic carbocycles. The summed E-state index contributed by atoms with van der Waals surface area (Å²) in [6, 6.07) is 4.58. The topological polar surface area (TPSA) is 153 Å². The van der Waals surface area contributed by atoms with Crippen LogP contribution in [0.2, 0.25) is 0 Å². The van der Waals surface area contributed by atoms with Gasteiger partial charge in [-0.25, -0.2) is 0 Å². The molecule has 45 heavy (non-hydrogen) atoms. The normalized spacial score (nSPS) is 34.2. The summed E-state index contributed by atoms with van der Waals surface area (Å²) in [5.74, 6) is -2.24. The Balaban J connectivity index is 1.29. The van der Waals surface area contributed by atoms with E-state index >= 15 is 0 Å². The van der Waals surface area contributed by atoms with Crippen LogP contribution < -0.4 is 4.74 Å². The smallest absolute Gasteiger partial charge is 0.202 e. The lowest BCUT2D eigenvalue weighted by Gasteiger charge is -2.45. The van der Waals surface area contributed by atoms with Crippen molar-refractivity contribution in [3.05, 3.63) is 51.6 Å². The molecule has 0 radical (unpaired) electrons. The maximum absolute atomic E-state index is 13.9. The Hall–Kier alpha value is -3.10. The van der Waals surface area contributed by atoms with Gasteiger partial charge in [0.2, 0.25) is 5.78 Å². The average Bonchev–Trinajstić information content (AvgIpc) is 3.40. The Morgan fingerprint density at radius 2 is 1.80 bits per heavy atom. The van der Waals surface area contributed by atoms with Crippen LogP contribution in [0.25, 0.3) is 0 Å². The molecule has 0 aromatic heterocycles. The number of benzene rings is 2. The van der Waals surface area contributed by atoms with Gasteiger partial charge in [-0.2, -0.15) is 0 Å². The number of phenols is 2. The molecule has 242 valence electrons. The number of morpholine rings is 1. The molecule has 12 heteroatoms. The van der Waals surface area contributed by atoms with Crippen LogP contribution in [0.4, 0.5) is 0 Å². The molecule has 8 atom stereocenters. The van der Waals surface area contributed by atoms with Crippen LogP contribution in [-0.4, -0.2) is 102 Å². The second kappa shape index (κ2) is 11.0. The first-order chi connectivity index (χ1) is 21.5. The predicted molar refractivity (Wildman–Crippen MR) is 156 cm³/mol. The number of fused-ring (bicyclic) bond motifs is 6. The molecule has 3 aliphatic heterocycles. The fourth-order valence-corrected chi connectivity index (χ4v) is 7.80. The number of aliphatic hydroxyl groups is 1. The van der Waals surface area contributed by atoms with Gasteiger partial charge in [0.05, 0.1) is 48.2 Å². The molecule has 5 aliphatic rings. The number of hydrogen-bond donors (Lipinski definition) is 3. The molecule has 7 rings (SSSR count). The second-order valence-corrected chi connectivity index (χ2v) is 12.9. The molecule has 0 amide bonds. The molecule has 3 saturated heterocycles. The summed E-state index contributed by atoms with van der Waals surface area (Å²) in [6.07, 6.45) is -2.82. The van der Waals surface area contributed by atoms with Crippen LogP contribution in [0, 0.1) is 5.92 Å². The summed E-state index contributed by atoms with van der Waals surface area (Å²) in [5.41, 5.74) is -1.51. The van der Waals surface area contributed by atoms with Crippen molar-refractivity contribution in [1.82, 2.24) is 4.90 Å². The number of methoxy groups -OCH3 is 2. The third kappa shape index (κ3) is 4.53. The lowest BCUT2D eigenvalue weighted by atomic mass is 9.70. The van der Waals surface area contributed by atoms with Crippen molar-refractivity contribution >= 4 is 11.6 Å². The summed E-state index contributed by atoms with van der Waals surface area (Å²) in [6.45, 7) is 6.76. The first-order valence-corrected chi connectivity index (χ1v) is 15.4. The quantitative estimate of drug-likeness (QED) is 0.358. The highest BCUT2D eigenvalue weighted by molar-refractivity contribution is 6.31. The van der Waals surface area contributed by atoms with Gasteiger partial charge in [0.15, 0.2) is 24.6 Å². The van der Waals surface area contributed by atoms with Crippen molar-refractivity contribution < 1.29 is 53.3 Å². The Morgan fingerprint density at radius 3 is 2.51 bits per heavy atom. The van der Waals surface area contributed by atoms with Gasteiger partial charge in [-0.1, -0.05) is 26.0 Å². The summed E-state index contributed by atoms with van der Waals surface area (Å²) < 4.78 is 35.8. The minimum Gasteiger partial charge on any atom is -0.507 e. The van der Waals surface area contributed by atoms with Crippen molar-refractivity contribution in [3.8, 4) is 17.2 Å². The molecule has 2 aromatic carbocycles. The number of phenolic OH excluding ortho intramolecular Hbond substituents is 2. The monoisotopic (exact) mass is 625 g/mol. The number of nitrogens with zero attached hydrogens (tertiary/aromatic N) is 1. The minimum atomic E-state index is -1.35. The van der Waals surface area contributed by atoms with E-state index in [1.54, 1.807) is 19.2 Å². The summed E-state index contributed by atoms with van der Waals surface area (Å²) in [4.78, 5) is 29.9. The maximum Gasteiger partial charge on any atom is 0.202 e. The summed E-state index contributed by atoms with van der Waals surface area (Å²) in [5, 5.41) is 35.3. The summed E-state index contributed by atoms with van der Waals surface area (Å²) in [7, 11) is 2.97. The minimum absolute atomic E-state index is 0.0188. The van der Waals surface area contributed by atoms with Crippen molar-refractivity contribution in [3.63, 3.8) is 0 Å². The third-order valence-corrected chi connectivity index (χ3v) is 10.3. The van der Waals surface area contributed by atoms with Gasteiger partial charge in [-0.15, -0.1) is 0 Å². The lowest BCUT2D eigenvalue weighted by Crippen LogP contribution is -2.55. The van der Waals surface area contributed by atoms with Gasteiger partial charge in [-0.3, -0.25) is 14.5 Å². The van der Waals surface area contributed by atoms with E-state index in [0.29, 0.717) is 19.6 Å². The highest BCUT2D eigenvalue weighted by Crippen LogP contribution is 2.54. The van der Waals surface area contributed by atoms with Crippen molar-refractivity contribution in [2.24, 2.45) is 5.92 Å². The highest BCUT2D eigenvalue weighted by atomic mass is 16.7. The van der Waals surface area contributed by atoms with Gasteiger partial charge in [0.1, 0.15) is 23.4 Å². The molecule has 2 aromatic rings. The first kappa shape index (κ1) is 30.5. The first-order valence-electron chi connectivity index (χ1n) is 15.4. The van der Waals surface area contributed by atoms with Crippen LogP contribution in [-0.2, 0) is 30.1 Å². The van der Waals surface area contributed by atoms with E-state index in [0.717, 1.165) is 0 Å². The number of aromatic hydroxyl groups is 2. The number of ketones is 2. The van der Waals surface area contributed by atoms with Crippen molar-refractivity contribution in [2.75, 3.05) is 27.4 Å². The number of carbonyl (C=O) groups is 2. The average molecular weight is 626 g/mol. The van der Waals surface area contributed by atoms with Gasteiger partial charge < -0.3 is 43.7 Å². The Morgan fingerprint density at radius 1 is 1.04 bits per heavy atom. The lowest BCUT2D eigenvalue weighted by molar-refractivity contribution is -0.257. The molecular formula is C33H39NO11. The molecular weight excluding hydrogens is 586 g/mol. The van der Waals surface area contributed by atoms with Crippen LogP contribution in [0.5, 0.6) is 17.2 Å². The fraction of sp³-hybridized carbons (Fsp3) is 0.576. The zero-order valence-electron chi connectivity index (χ0n) is 25.9. The second-order valence-electron chi connectivity index (χ2n) is 12.9. The molecule has 1 unspecified atom stereocenters. The molecule has 0 saturated carbocycles. The van der Waals surface area contributed by atoms with Gasteiger partial charge in [0.25, 0.3) is 0 Å². The Bertz CT molecular complexity index is 1560. The van der Waals surface area contributed by atoms with Crippen LogP contribution in [0.15, 0.2) is 18.2 Å². The predicted octanol–water partition coefficient (Wildman–Crippen LogP) is 2.81. The van der Waals surface area contributed by atoms with E-state index in [9.17, 15) is 24.9 Å². The molecule has 0 bridgehead atoms. The molecule has 3 heterocycles. The number of carbonyl (C=O) groups excluding carboxylic acids is 2. The number of hydrogen-bond acceptors (Lipinski definition) is 12. The van der Waals surface area contributed by atoms with Crippen LogP contribution in [0.1, 0.15) is 82.7 Å². The van der Waals surface area contributed by atoms with Crippen LogP contribution >= 0.6 is 0 Å². The largest absolute Gasteiger partial charge is 0.507 e. The zero-order chi connectivity index (χ0) is 31.9. The van der Waals surface area contributed by atoms with Gasteiger partial charge >= 0.3 is 0 Å². The van der Waals surface area contributed by atoms with Crippen molar-refractivity contribution in [1.29, 1.82) is 0 Å². The van der Waals surface area contributed by atoms with E-state index in [-0.39, 0.29) is 82.4 Å². The molecule has 3 N–H and O–H groups in total. The highest BCUT2D eigenvalue weighted by Gasteiger charge is 2.55. The SMILES string of the molecule is COc1cccc2c1C(=O)c1c(O)c3c(c(O)c1C2=O)C[C@@](O)(C(C)C)C[C@@H]3OC1C[C@H]2[C@H](O[C@@H]3[C@@H](OC)OCCN32)[C@H](C)O1. The number of rotatable bonds is 5. The fourth-order valence-electron chi connectivity index (χ4n) is 7.80. The van der Waals surface area contributed by atoms with E-state index in [4.69, 9.17) is 28.4 Å². The van der Waals surface area contributed by atoms with E-state index in [2.05, 4.69) is 4.90 Å². The molecule has 12 nitrogen and oxygen atoms in total. The van der Waals surface area contributed by atoms with E-state index in [1.165, 1.54) is 13.2 Å². The van der Waals surface area contributed by atoms with Gasteiger partial charge in [-0.05, 0) is 18.9 Å². The molecule has 0 spiro atoms. The number of ether oxygens (including phenoxy) is 6. The Kier molecular flexibility index (Phi) is 7.47. The van der Waals surface area contributed by atoms with Gasteiger partial charge in [0, 0.05) is 55.6 Å². The van der Waals surface area contributed by atoms with E-state index < -0.39 is 47.4 Å². The van der Waals surface area contributed by atoms with Crippen molar-refractivity contribution in [2.45, 2.75) is 88.8 Å². The summed E-state index contributed by atoms with van der Waals surface area (Å²) >= 11 is 0. The standard InChI is InChI=1S/C33H39NO11/c1-14(2)33(39)12-17-23(29(38)25-24(27(17)36)26(35)16-7-6-8-19(40-4)22(16)28(25)37)20(13-33)44-21-11-18-30(15(3)43-21)45-31-32(41-5)42-10-9-34(18)31/h6-8,14-15,18,20-21,30-32,36,38-39H,9-13H2,1-5H3/t15-,18-,20-,21?,30+,31+,32-,33-/m0/s1. The Labute approximate surface area is 260 Å². The zero-order valence-corrected chi connectivity index (χ0v) is 25.9. The van der Waals surface area contributed by atoms with Crippen LogP contribution in [0.3, 0.4) is 0 Å². The maximum atomic E-state index is 13.9. The third-order valence-electron chi connectivity index (χ3n) is 10.3.